The maximum atomic E-state index is 12.3. The van der Waals surface area contributed by atoms with E-state index < -0.39 is 0 Å². The minimum atomic E-state index is -0.0238. The lowest BCUT2D eigenvalue weighted by Gasteiger charge is -2.28. The van der Waals surface area contributed by atoms with Crippen LogP contribution in [0, 0.1) is 17.8 Å². The minimum absolute atomic E-state index is 0.0238. The fraction of sp³-hybridized carbons (Fsp3) is 0.455. The van der Waals surface area contributed by atoms with Gasteiger partial charge < -0.3 is 10.1 Å². The zero-order chi connectivity index (χ0) is 18.8. The van der Waals surface area contributed by atoms with Gasteiger partial charge in [-0.2, -0.15) is 0 Å². The first-order valence-electron chi connectivity index (χ1n) is 9.71. The van der Waals surface area contributed by atoms with Gasteiger partial charge in [0.2, 0.25) is 5.91 Å². The Labute approximate surface area is 164 Å². The normalized spacial score (nSPS) is 25.0. The molecule has 2 aliphatic rings. The van der Waals surface area contributed by atoms with Crippen molar-refractivity contribution in [1.82, 2.24) is 10.3 Å². The number of rotatable bonds is 6. The summed E-state index contributed by atoms with van der Waals surface area (Å²) in [5.41, 5.74) is 1.86. The Morgan fingerprint density at radius 2 is 2.11 bits per heavy atom. The molecule has 2 saturated carbocycles. The summed E-state index contributed by atoms with van der Waals surface area (Å²) in [5.74, 6) is 3.18. The topological polar surface area (TPSA) is 51.2 Å². The van der Waals surface area contributed by atoms with Gasteiger partial charge in [-0.15, -0.1) is 11.3 Å². The summed E-state index contributed by atoms with van der Waals surface area (Å²) in [6, 6.07) is 8.10. The Kier molecular flexibility index (Phi) is 5.30. The van der Waals surface area contributed by atoms with Crippen LogP contribution in [0.1, 0.15) is 38.3 Å². The molecule has 2 aromatic rings. The molecule has 1 N–H and O–H groups in total. The average Bonchev–Trinajstić information content (AvgIpc) is 3.43. The molecule has 0 radical (unpaired) electrons. The summed E-state index contributed by atoms with van der Waals surface area (Å²) in [4.78, 5) is 16.9. The second-order valence-electron chi connectivity index (χ2n) is 7.78. The molecule has 0 aliphatic heterocycles. The van der Waals surface area contributed by atoms with Crippen LogP contribution in [0.15, 0.2) is 35.7 Å². The van der Waals surface area contributed by atoms with E-state index in [1.165, 1.54) is 25.7 Å². The molecule has 1 aromatic carbocycles. The van der Waals surface area contributed by atoms with Crippen molar-refractivity contribution in [3.8, 4) is 16.3 Å². The maximum absolute atomic E-state index is 12.3. The Balaban J connectivity index is 1.33. The number of ether oxygens (including phenoxy) is 1. The van der Waals surface area contributed by atoms with Crippen molar-refractivity contribution < 1.29 is 9.53 Å². The molecule has 1 aromatic heterocycles. The number of amides is 1. The molecule has 1 heterocycles. The summed E-state index contributed by atoms with van der Waals surface area (Å²) >= 11 is 1.58. The van der Waals surface area contributed by atoms with Crippen molar-refractivity contribution in [3.05, 3.63) is 41.4 Å². The van der Waals surface area contributed by atoms with Crippen LogP contribution < -0.4 is 10.1 Å². The predicted molar refractivity (Wildman–Crippen MR) is 110 cm³/mol. The Morgan fingerprint density at radius 1 is 1.30 bits per heavy atom. The maximum Gasteiger partial charge on any atom is 0.244 e. The number of carbonyl (C=O) groups is 1. The Hall–Kier alpha value is -2.14. The number of nitrogens with zero attached hydrogens (tertiary/aromatic N) is 1. The molecule has 2 fully saturated rings. The standard InChI is InChI=1S/C22H26N2O2S/c1-14(20-12-15-3-4-17(20)11-15)23-21(25)10-7-18-13-27-22(24-18)16-5-8-19(26-2)9-6-16/h5-10,13-15,17,20H,3-4,11-12H2,1-2H3,(H,23,25). The largest absolute Gasteiger partial charge is 0.497 e. The fourth-order valence-corrected chi connectivity index (χ4v) is 5.47. The van der Waals surface area contributed by atoms with E-state index in [4.69, 9.17) is 4.74 Å². The first-order valence-corrected chi connectivity index (χ1v) is 10.6. The van der Waals surface area contributed by atoms with Crippen LogP contribution in [-0.2, 0) is 4.79 Å². The molecule has 4 unspecified atom stereocenters. The molecule has 4 atom stereocenters. The minimum Gasteiger partial charge on any atom is -0.497 e. The van der Waals surface area contributed by atoms with Gasteiger partial charge in [-0.3, -0.25) is 4.79 Å². The number of fused-ring (bicyclic) bond motifs is 2. The van der Waals surface area contributed by atoms with Gasteiger partial charge in [0.1, 0.15) is 10.8 Å². The third-order valence-corrected chi connectivity index (χ3v) is 6.98. The van der Waals surface area contributed by atoms with Crippen LogP contribution in [0.3, 0.4) is 0 Å². The molecule has 142 valence electrons. The highest BCUT2D eigenvalue weighted by molar-refractivity contribution is 7.13. The van der Waals surface area contributed by atoms with E-state index in [9.17, 15) is 4.79 Å². The number of hydrogen-bond acceptors (Lipinski definition) is 4. The SMILES string of the molecule is COc1ccc(-c2nc(C=CC(=O)NC(C)C3CC4CCC3C4)cs2)cc1. The summed E-state index contributed by atoms with van der Waals surface area (Å²) in [6.07, 6.45) is 8.80. The number of methoxy groups -OCH3 is 1. The summed E-state index contributed by atoms with van der Waals surface area (Å²) < 4.78 is 5.19. The van der Waals surface area contributed by atoms with E-state index in [1.54, 1.807) is 30.6 Å². The second-order valence-corrected chi connectivity index (χ2v) is 8.63. The molecule has 27 heavy (non-hydrogen) atoms. The summed E-state index contributed by atoms with van der Waals surface area (Å²) in [6.45, 7) is 2.15. The van der Waals surface area contributed by atoms with Gasteiger partial charge in [-0.05, 0) is 74.3 Å². The van der Waals surface area contributed by atoms with Crippen LogP contribution in [0.5, 0.6) is 5.75 Å². The lowest BCUT2D eigenvalue weighted by Crippen LogP contribution is -2.39. The van der Waals surface area contributed by atoms with Gasteiger partial charge in [0, 0.05) is 23.1 Å². The first kappa shape index (κ1) is 18.2. The molecular weight excluding hydrogens is 356 g/mol. The van der Waals surface area contributed by atoms with Crippen molar-refractivity contribution in [2.45, 2.75) is 38.6 Å². The third kappa shape index (κ3) is 4.08. The predicted octanol–water partition coefficient (Wildman–Crippen LogP) is 4.77. The van der Waals surface area contributed by atoms with Gasteiger partial charge in [0.25, 0.3) is 0 Å². The molecule has 4 rings (SSSR count). The third-order valence-electron chi connectivity index (χ3n) is 6.07. The van der Waals surface area contributed by atoms with Crippen molar-refractivity contribution in [3.63, 3.8) is 0 Å². The number of carbonyl (C=O) groups excluding carboxylic acids is 1. The van der Waals surface area contributed by atoms with Crippen molar-refractivity contribution in [1.29, 1.82) is 0 Å². The highest BCUT2D eigenvalue weighted by Crippen LogP contribution is 2.49. The second kappa shape index (κ2) is 7.85. The molecule has 1 amide bonds. The highest BCUT2D eigenvalue weighted by Gasteiger charge is 2.41. The molecular formula is C22H26N2O2S. The summed E-state index contributed by atoms with van der Waals surface area (Å²) in [7, 11) is 1.66. The number of hydrogen-bond donors (Lipinski definition) is 1. The molecule has 2 bridgehead atoms. The van der Waals surface area contributed by atoms with Crippen LogP contribution in [-0.4, -0.2) is 24.0 Å². The van der Waals surface area contributed by atoms with Gasteiger partial charge in [0.05, 0.1) is 12.8 Å². The number of aromatic nitrogens is 1. The van der Waals surface area contributed by atoms with E-state index in [0.717, 1.165) is 33.9 Å². The van der Waals surface area contributed by atoms with Crippen LogP contribution in [0.2, 0.25) is 0 Å². The number of benzene rings is 1. The molecule has 5 heteroatoms. The van der Waals surface area contributed by atoms with E-state index in [1.807, 2.05) is 29.6 Å². The fourth-order valence-electron chi connectivity index (χ4n) is 4.68. The smallest absolute Gasteiger partial charge is 0.244 e. The van der Waals surface area contributed by atoms with Crippen molar-refractivity contribution >= 4 is 23.3 Å². The van der Waals surface area contributed by atoms with Gasteiger partial charge >= 0.3 is 0 Å². The molecule has 4 nitrogen and oxygen atoms in total. The van der Waals surface area contributed by atoms with Gasteiger partial charge in [-0.25, -0.2) is 4.98 Å². The zero-order valence-corrected chi connectivity index (χ0v) is 16.7. The number of thiazole rings is 1. The lowest BCUT2D eigenvalue weighted by atomic mass is 9.84. The van der Waals surface area contributed by atoms with Crippen molar-refractivity contribution in [2.75, 3.05) is 7.11 Å². The zero-order valence-electron chi connectivity index (χ0n) is 15.9. The van der Waals surface area contributed by atoms with E-state index in [2.05, 4.69) is 17.2 Å². The van der Waals surface area contributed by atoms with E-state index in [0.29, 0.717) is 5.92 Å². The van der Waals surface area contributed by atoms with Crippen LogP contribution in [0.25, 0.3) is 16.6 Å². The van der Waals surface area contributed by atoms with Gasteiger partial charge in [0.15, 0.2) is 0 Å². The molecule has 0 saturated heterocycles. The Morgan fingerprint density at radius 3 is 2.78 bits per heavy atom. The molecule has 2 aliphatic carbocycles. The number of nitrogens with one attached hydrogen (secondary N) is 1. The highest BCUT2D eigenvalue weighted by atomic mass is 32.1. The lowest BCUT2D eigenvalue weighted by molar-refractivity contribution is -0.117. The monoisotopic (exact) mass is 382 g/mol. The Bertz CT molecular complexity index is 827. The van der Waals surface area contributed by atoms with Gasteiger partial charge in [-0.1, -0.05) is 6.42 Å². The molecule has 0 spiro atoms. The quantitative estimate of drug-likeness (QED) is 0.732. The van der Waals surface area contributed by atoms with E-state index >= 15 is 0 Å². The summed E-state index contributed by atoms with van der Waals surface area (Å²) in [5, 5.41) is 6.08. The van der Waals surface area contributed by atoms with Crippen LogP contribution in [0.4, 0.5) is 0 Å². The van der Waals surface area contributed by atoms with E-state index in [-0.39, 0.29) is 11.9 Å². The first-order chi connectivity index (χ1) is 13.1. The average molecular weight is 383 g/mol. The van der Waals surface area contributed by atoms with Crippen LogP contribution >= 0.6 is 11.3 Å². The van der Waals surface area contributed by atoms with Crippen molar-refractivity contribution in [2.24, 2.45) is 17.8 Å².